The van der Waals surface area contributed by atoms with Crippen LogP contribution in [0, 0.1) is 11.7 Å². The summed E-state index contributed by atoms with van der Waals surface area (Å²) >= 11 is 5.79. The number of benzene rings is 1. The predicted octanol–water partition coefficient (Wildman–Crippen LogP) is 1.64. The van der Waals surface area contributed by atoms with Crippen molar-refractivity contribution >= 4 is 21.6 Å². The number of rotatable bonds is 8. The minimum absolute atomic E-state index is 0.0628. The molecule has 2 rings (SSSR count). The van der Waals surface area contributed by atoms with E-state index in [1.165, 1.54) is 18.9 Å². The highest BCUT2D eigenvalue weighted by Gasteiger charge is 2.23. The zero-order valence-electron chi connectivity index (χ0n) is 11.4. The van der Waals surface area contributed by atoms with E-state index in [0.717, 1.165) is 6.07 Å². The summed E-state index contributed by atoms with van der Waals surface area (Å²) in [5.74, 6) is -0.257. The second kappa shape index (κ2) is 7.02. The van der Waals surface area contributed by atoms with Gasteiger partial charge < -0.3 is 10.5 Å². The van der Waals surface area contributed by atoms with E-state index in [-0.39, 0.29) is 30.3 Å². The van der Waals surface area contributed by atoms with Crippen LogP contribution in [0.3, 0.4) is 0 Å². The van der Waals surface area contributed by atoms with Crippen LogP contribution in [0.15, 0.2) is 17.0 Å². The van der Waals surface area contributed by atoms with Crippen molar-refractivity contribution in [2.75, 3.05) is 19.8 Å². The molecule has 1 aliphatic carbocycles. The van der Waals surface area contributed by atoms with Crippen LogP contribution in [-0.4, -0.2) is 28.2 Å². The first-order chi connectivity index (χ1) is 9.94. The summed E-state index contributed by atoms with van der Waals surface area (Å²) in [6.07, 6.45) is 2.34. The van der Waals surface area contributed by atoms with Crippen LogP contribution in [0.1, 0.15) is 18.4 Å². The Bertz CT molecular complexity index is 606. The fourth-order valence-corrected chi connectivity index (χ4v) is 3.29. The van der Waals surface area contributed by atoms with Crippen molar-refractivity contribution in [3.63, 3.8) is 0 Å². The van der Waals surface area contributed by atoms with E-state index in [0.29, 0.717) is 12.5 Å². The van der Waals surface area contributed by atoms with Crippen molar-refractivity contribution in [2.24, 2.45) is 11.7 Å². The van der Waals surface area contributed by atoms with E-state index in [4.69, 9.17) is 22.1 Å². The lowest BCUT2D eigenvalue weighted by atomic mass is 10.2. The minimum Gasteiger partial charge on any atom is -0.380 e. The van der Waals surface area contributed by atoms with E-state index in [9.17, 15) is 12.8 Å². The van der Waals surface area contributed by atoms with Gasteiger partial charge in [-0.25, -0.2) is 17.5 Å². The average molecular weight is 337 g/mol. The van der Waals surface area contributed by atoms with E-state index in [1.807, 2.05) is 0 Å². The second-order valence-corrected chi connectivity index (χ2v) is 7.17. The molecule has 0 saturated heterocycles. The van der Waals surface area contributed by atoms with E-state index >= 15 is 0 Å². The lowest BCUT2D eigenvalue weighted by Gasteiger charge is -2.11. The van der Waals surface area contributed by atoms with Crippen LogP contribution in [-0.2, 0) is 21.3 Å². The number of nitrogens with one attached hydrogen (secondary N) is 1. The van der Waals surface area contributed by atoms with Gasteiger partial charge in [0.25, 0.3) is 0 Å². The highest BCUT2D eigenvalue weighted by molar-refractivity contribution is 7.89. The first kappa shape index (κ1) is 16.6. The quantitative estimate of drug-likeness (QED) is 0.707. The van der Waals surface area contributed by atoms with Gasteiger partial charge in [-0.05, 0) is 30.9 Å². The van der Waals surface area contributed by atoms with Gasteiger partial charge in [-0.2, -0.15) is 0 Å². The molecule has 1 aromatic carbocycles. The van der Waals surface area contributed by atoms with Crippen LogP contribution in [0.5, 0.6) is 0 Å². The SMILES string of the molecule is NCc1cc(Cl)cc(S(=O)(=O)NCCOCC2CC2)c1F. The zero-order valence-corrected chi connectivity index (χ0v) is 13.0. The van der Waals surface area contributed by atoms with E-state index < -0.39 is 20.7 Å². The Labute approximate surface area is 128 Å². The highest BCUT2D eigenvalue weighted by atomic mass is 35.5. The summed E-state index contributed by atoms with van der Waals surface area (Å²) in [4.78, 5) is -0.488. The van der Waals surface area contributed by atoms with Gasteiger partial charge in [-0.3, -0.25) is 0 Å². The molecule has 21 heavy (non-hydrogen) atoms. The smallest absolute Gasteiger partial charge is 0.243 e. The van der Waals surface area contributed by atoms with Crippen LogP contribution in [0.2, 0.25) is 5.02 Å². The third-order valence-electron chi connectivity index (χ3n) is 3.18. The summed E-state index contributed by atoms with van der Waals surface area (Å²) < 4.78 is 45.8. The number of halogens is 2. The van der Waals surface area contributed by atoms with Crippen molar-refractivity contribution in [1.29, 1.82) is 0 Å². The van der Waals surface area contributed by atoms with Gasteiger partial charge in [0.1, 0.15) is 10.7 Å². The van der Waals surface area contributed by atoms with Gasteiger partial charge in [0.05, 0.1) is 6.61 Å². The summed E-state index contributed by atoms with van der Waals surface area (Å²) in [5.41, 5.74) is 5.43. The Balaban J connectivity index is 1.99. The fourth-order valence-electron chi connectivity index (χ4n) is 1.82. The molecule has 1 aromatic rings. The molecular weight excluding hydrogens is 319 g/mol. The molecule has 0 heterocycles. The average Bonchev–Trinajstić information content (AvgIpc) is 3.24. The molecule has 0 amide bonds. The molecule has 0 atom stereocenters. The van der Waals surface area contributed by atoms with Crippen molar-refractivity contribution in [1.82, 2.24) is 4.72 Å². The Hall–Kier alpha value is -0.730. The lowest BCUT2D eigenvalue weighted by Crippen LogP contribution is -2.28. The maximum absolute atomic E-state index is 14.0. The minimum atomic E-state index is -3.98. The number of hydrogen-bond donors (Lipinski definition) is 2. The molecule has 3 N–H and O–H groups in total. The third kappa shape index (κ3) is 4.62. The molecule has 8 heteroatoms. The van der Waals surface area contributed by atoms with Gasteiger partial charge in [0, 0.05) is 30.3 Å². The van der Waals surface area contributed by atoms with Crippen LogP contribution in [0.25, 0.3) is 0 Å². The topological polar surface area (TPSA) is 81.4 Å². The first-order valence-corrected chi connectivity index (χ1v) is 8.55. The number of hydrogen-bond acceptors (Lipinski definition) is 4. The molecule has 0 spiro atoms. The Morgan fingerprint density at radius 2 is 2.14 bits per heavy atom. The molecular formula is C13H18ClFN2O3S. The van der Waals surface area contributed by atoms with Crippen molar-refractivity contribution in [3.8, 4) is 0 Å². The molecule has 1 saturated carbocycles. The predicted molar refractivity (Wildman–Crippen MR) is 78.0 cm³/mol. The standard InChI is InChI=1S/C13H18ClFN2O3S/c14-11-5-10(7-16)13(15)12(6-11)21(18,19)17-3-4-20-8-9-1-2-9/h5-6,9,17H,1-4,7-8,16H2. The van der Waals surface area contributed by atoms with Gasteiger partial charge in [0.15, 0.2) is 0 Å². The fraction of sp³-hybridized carbons (Fsp3) is 0.538. The Morgan fingerprint density at radius 3 is 2.76 bits per heavy atom. The maximum atomic E-state index is 14.0. The van der Waals surface area contributed by atoms with Crippen molar-refractivity contribution < 1.29 is 17.5 Å². The number of nitrogens with two attached hydrogens (primary N) is 1. The van der Waals surface area contributed by atoms with Gasteiger partial charge in [-0.15, -0.1) is 0 Å². The molecule has 118 valence electrons. The van der Waals surface area contributed by atoms with Crippen LogP contribution >= 0.6 is 11.6 Å². The zero-order chi connectivity index (χ0) is 15.5. The molecule has 0 unspecified atom stereocenters. The van der Waals surface area contributed by atoms with E-state index in [1.54, 1.807) is 0 Å². The van der Waals surface area contributed by atoms with Gasteiger partial charge >= 0.3 is 0 Å². The monoisotopic (exact) mass is 336 g/mol. The number of ether oxygens (including phenoxy) is 1. The maximum Gasteiger partial charge on any atom is 0.243 e. The molecule has 0 aliphatic heterocycles. The normalized spacial score (nSPS) is 15.4. The van der Waals surface area contributed by atoms with Crippen molar-refractivity contribution in [3.05, 3.63) is 28.5 Å². The largest absolute Gasteiger partial charge is 0.380 e. The molecule has 1 fully saturated rings. The Kier molecular flexibility index (Phi) is 5.56. The summed E-state index contributed by atoms with van der Waals surface area (Å²) in [6, 6.07) is 2.39. The van der Waals surface area contributed by atoms with Gasteiger partial charge in [0.2, 0.25) is 10.0 Å². The summed E-state index contributed by atoms with van der Waals surface area (Å²) in [6.45, 7) is 0.852. The van der Waals surface area contributed by atoms with Crippen LogP contribution in [0.4, 0.5) is 4.39 Å². The molecule has 0 bridgehead atoms. The number of sulfonamides is 1. The Morgan fingerprint density at radius 1 is 1.43 bits per heavy atom. The van der Waals surface area contributed by atoms with Crippen LogP contribution < -0.4 is 10.5 Å². The van der Waals surface area contributed by atoms with Crippen molar-refractivity contribution in [2.45, 2.75) is 24.3 Å². The third-order valence-corrected chi connectivity index (χ3v) is 4.86. The summed E-state index contributed by atoms with van der Waals surface area (Å²) in [5, 5.41) is 0.127. The first-order valence-electron chi connectivity index (χ1n) is 6.69. The molecule has 5 nitrogen and oxygen atoms in total. The molecule has 1 aliphatic rings. The second-order valence-electron chi connectivity index (χ2n) is 5.00. The highest BCUT2D eigenvalue weighted by Crippen LogP contribution is 2.28. The molecule has 0 radical (unpaired) electrons. The van der Waals surface area contributed by atoms with E-state index in [2.05, 4.69) is 4.72 Å². The van der Waals surface area contributed by atoms with Gasteiger partial charge in [-0.1, -0.05) is 11.6 Å². The molecule has 0 aromatic heterocycles. The lowest BCUT2D eigenvalue weighted by molar-refractivity contribution is 0.129. The summed E-state index contributed by atoms with van der Waals surface area (Å²) in [7, 11) is -3.98.